The Morgan fingerprint density at radius 3 is 2.62 bits per heavy atom. The monoisotopic (exact) mass is 330 g/mol. The third kappa shape index (κ3) is 3.87. The minimum atomic E-state index is -1.42. The molecule has 2 amide bonds. The van der Waals surface area contributed by atoms with Crippen LogP contribution in [0.15, 0.2) is 18.2 Å². The van der Waals surface area contributed by atoms with E-state index < -0.39 is 18.1 Å². The molecule has 1 heterocycles. The van der Waals surface area contributed by atoms with Gasteiger partial charge in [0.25, 0.3) is 5.91 Å². The zero-order chi connectivity index (χ0) is 15.6. The van der Waals surface area contributed by atoms with E-state index in [1.54, 1.807) is 11.9 Å². The van der Waals surface area contributed by atoms with Crippen molar-refractivity contribution in [1.29, 1.82) is 0 Å². The fourth-order valence-electron chi connectivity index (χ4n) is 2.30. The molecule has 2 rings (SSSR count). The lowest BCUT2D eigenvalue weighted by Gasteiger charge is -2.30. The predicted octanol–water partition coefficient (Wildman–Crippen LogP) is 1.76. The molecule has 0 bridgehead atoms. The van der Waals surface area contributed by atoms with Gasteiger partial charge in [-0.2, -0.15) is 0 Å². The van der Waals surface area contributed by atoms with Gasteiger partial charge < -0.3 is 15.3 Å². The number of amides is 2. The number of likely N-dealkylation sites (N-methyl/N-ethyl adjacent to an activating group) is 1. The van der Waals surface area contributed by atoms with Crippen molar-refractivity contribution in [3.8, 4) is 0 Å². The van der Waals surface area contributed by atoms with Gasteiger partial charge in [-0.15, -0.1) is 0 Å². The van der Waals surface area contributed by atoms with Crippen LogP contribution >= 0.6 is 23.2 Å². The second kappa shape index (κ2) is 6.64. The molecule has 0 spiro atoms. The Morgan fingerprint density at radius 1 is 1.38 bits per heavy atom. The van der Waals surface area contributed by atoms with Crippen molar-refractivity contribution in [2.24, 2.45) is 0 Å². The molecule has 1 aromatic carbocycles. The molecule has 0 aromatic heterocycles. The lowest BCUT2D eigenvalue weighted by atomic mass is 10.0. The lowest BCUT2D eigenvalue weighted by molar-refractivity contribution is -0.140. The quantitative estimate of drug-likeness (QED) is 0.887. The van der Waals surface area contributed by atoms with E-state index >= 15 is 0 Å². The first-order chi connectivity index (χ1) is 9.88. The van der Waals surface area contributed by atoms with Crippen molar-refractivity contribution in [2.75, 3.05) is 13.6 Å². The number of benzene rings is 1. The zero-order valence-corrected chi connectivity index (χ0v) is 13.0. The number of hydrogen-bond acceptors (Lipinski definition) is 3. The number of aliphatic hydroxyl groups excluding tert-OH is 1. The summed E-state index contributed by atoms with van der Waals surface area (Å²) in [5, 5.41) is 13.3. The van der Waals surface area contributed by atoms with Crippen LogP contribution in [0.5, 0.6) is 0 Å². The van der Waals surface area contributed by atoms with Crippen molar-refractivity contribution in [3.63, 3.8) is 0 Å². The maximum atomic E-state index is 12.1. The van der Waals surface area contributed by atoms with Gasteiger partial charge in [-0.25, -0.2) is 0 Å². The van der Waals surface area contributed by atoms with Gasteiger partial charge in [0, 0.05) is 23.6 Å². The summed E-state index contributed by atoms with van der Waals surface area (Å²) in [6.07, 6.45) is -0.0363. The molecule has 1 aliphatic rings. The molecule has 5 nitrogen and oxygen atoms in total. The summed E-state index contributed by atoms with van der Waals surface area (Å²) in [4.78, 5) is 25.6. The molecule has 2 atom stereocenters. The molecule has 21 heavy (non-hydrogen) atoms. The third-order valence-corrected chi connectivity index (χ3v) is 3.86. The SMILES string of the molecule is CN1CCC[C@@H](NC(=O)[C@H](O)c2cc(Cl)cc(Cl)c2)C1=O. The molecule has 1 aliphatic heterocycles. The first-order valence-corrected chi connectivity index (χ1v) is 7.33. The van der Waals surface area contributed by atoms with Gasteiger partial charge in [-0.1, -0.05) is 23.2 Å². The number of likely N-dealkylation sites (tertiary alicyclic amines) is 1. The second-order valence-corrected chi connectivity index (χ2v) is 5.94. The van der Waals surface area contributed by atoms with Crippen molar-refractivity contribution >= 4 is 35.0 Å². The minimum absolute atomic E-state index is 0.147. The summed E-state index contributed by atoms with van der Waals surface area (Å²) in [5.41, 5.74) is 0.293. The van der Waals surface area contributed by atoms with Gasteiger partial charge >= 0.3 is 0 Å². The molecule has 0 aliphatic carbocycles. The molecule has 0 unspecified atom stereocenters. The smallest absolute Gasteiger partial charge is 0.254 e. The number of nitrogens with one attached hydrogen (secondary N) is 1. The Balaban J connectivity index is 2.07. The Hall–Kier alpha value is -1.30. The highest BCUT2D eigenvalue weighted by molar-refractivity contribution is 6.34. The number of carbonyl (C=O) groups excluding carboxylic acids is 2. The third-order valence-electron chi connectivity index (χ3n) is 3.43. The maximum absolute atomic E-state index is 12.1. The summed E-state index contributed by atoms with van der Waals surface area (Å²) in [7, 11) is 1.69. The van der Waals surface area contributed by atoms with Crippen LogP contribution in [0.2, 0.25) is 10.0 Å². The molecule has 0 radical (unpaired) electrons. The van der Waals surface area contributed by atoms with Crippen LogP contribution in [0, 0.1) is 0 Å². The average molecular weight is 331 g/mol. The van der Waals surface area contributed by atoms with Crippen molar-refractivity contribution < 1.29 is 14.7 Å². The van der Waals surface area contributed by atoms with Gasteiger partial charge in [0.1, 0.15) is 6.04 Å². The highest BCUT2D eigenvalue weighted by Gasteiger charge is 2.30. The maximum Gasteiger partial charge on any atom is 0.254 e. The van der Waals surface area contributed by atoms with E-state index in [4.69, 9.17) is 23.2 Å². The second-order valence-electron chi connectivity index (χ2n) is 5.07. The summed E-state index contributed by atoms with van der Waals surface area (Å²) in [5.74, 6) is -0.784. The molecule has 7 heteroatoms. The first kappa shape index (κ1) is 16.1. The first-order valence-electron chi connectivity index (χ1n) is 6.58. The minimum Gasteiger partial charge on any atom is -0.378 e. The molecular weight excluding hydrogens is 315 g/mol. The van der Waals surface area contributed by atoms with Crippen LogP contribution < -0.4 is 5.32 Å². The normalized spacial score (nSPS) is 20.3. The summed E-state index contributed by atoms with van der Waals surface area (Å²) in [6, 6.07) is 3.84. The summed E-state index contributed by atoms with van der Waals surface area (Å²) >= 11 is 11.7. The fraction of sp³-hybridized carbons (Fsp3) is 0.429. The Morgan fingerprint density at radius 2 is 2.00 bits per heavy atom. The molecule has 0 saturated carbocycles. The number of hydrogen-bond donors (Lipinski definition) is 2. The van der Waals surface area contributed by atoms with Crippen LogP contribution in [0.1, 0.15) is 24.5 Å². The predicted molar refractivity (Wildman–Crippen MR) is 80.2 cm³/mol. The fourth-order valence-corrected chi connectivity index (χ4v) is 2.84. The number of carbonyl (C=O) groups is 2. The molecule has 1 saturated heterocycles. The van der Waals surface area contributed by atoms with Crippen LogP contribution in [0.3, 0.4) is 0 Å². The summed E-state index contributed by atoms with van der Waals surface area (Å²) < 4.78 is 0. The standard InChI is InChI=1S/C14H16Cl2N2O3/c1-18-4-2-3-11(14(18)21)17-13(20)12(19)8-5-9(15)7-10(16)6-8/h5-7,11-12,19H,2-4H2,1H3,(H,17,20)/t11-,12-/m1/s1. The highest BCUT2D eigenvalue weighted by atomic mass is 35.5. The topological polar surface area (TPSA) is 69.6 Å². The van der Waals surface area contributed by atoms with Crippen molar-refractivity contribution in [2.45, 2.75) is 25.0 Å². The van der Waals surface area contributed by atoms with E-state index in [0.717, 1.165) is 6.42 Å². The van der Waals surface area contributed by atoms with Crippen molar-refractivity contribution in [3.05, 3.63) is 33.8 Å². The summed E-state index contributed by atoms with van der Waals surface area (Å²) in [6.45, 7) is 0.678. The van der Waals surface area contributed by atoms with Crippen LogP contribution in [0.4, 0.5) is 0 Å². The van der Waals surface area contributed by atoms with E-state index in [1.165, 1.54) is 18.2 Å². The Bertz CT molecular complexity index is 545. The van der Waals surface area contributed by atoms with Crippen LogP contribution in [-0.2, 0) is 9.59 Å². The lowest BCUT2D eigenvalue weighted by Crippen LogP contribution is -2.51. The van der Waals surface area contributed by atoms with E-state index in [9.17, 15) is 14.7 Å². The molecule has 1 fully saturated rings. The van der Waals surface area contributed by atoms with Crippen molar-refractivity contribution in [1.82, 2.24) is 10.2 Å². The largest absolute Gasteiger partial charge is 0.378 e. The van der Waals surface area contributed by atoms with E-state index in [-0.39, 0.29) is 5.91 Å². The number of nitrogens with zero attached hydrogens (tertiary/aromatic N) is 1. The highest BCUT2D eigenvalue weighted by Crippen LogP contribution is 2.24. The molecule has 1 aromatic rings. The van der Waals surface area contributed by atoms with Crippen LogP contribution in [-0.4, -0.2) is 41.5 Å². The molecular formula is C14H16Cl2N2O3. The molecule has 2 N–H and O–H groups in total. The van der Waals surface area contributed by atoms with E-state index in [2.05, 4.69) is 5.32 Å². The number of halogens is 2. The Kier molecular flexibility index (Phi) is 5.08. The number of aliphatic hydroxyl groups is 1. The van der Waals surface area contributed by atoms with Crippen LogP contribution in [0.25, 0.3) is 0 Å². The van der Waals surface area contributed by atoms with E-state index in [0.29, 0.717) is 28.6 Å². The van der Waals surface area contributed by atoms with Gasteiger partial charge in [-0.05, 0) is 36.6 Å². The number of piperidine rings is 1. The zero-order valence-electron chi connectivity index (χ0n) is 11.5. The Labute approximate surface area is 132 Å². The van der Waals surface area contributed by atoms with Gasteiger partial charge in [0.05, 0.1) is 0 Å². The van der Waals surface area contributed by atoms with Gasteiger partial charge in [0.2, 0.25) is 5.91 Å². The average Bonchev–Trinajstić information content (AvgIpc) is 2.42. The van der Waals surface area contributed by atoms with E-state index in [1.807, 2.05) is 0 Å². The van der Waals surface area contributed by atoms with Gasteiger partial charge in [0.15, 0.2) is 6.10 Å². The number of rotatable bonds is 3. The molecule has 114 valence electrons. The van der Waals surface area contributed by atoms with Gasteiger partial charge in [-0.3, -0.25) is 9.59 Å².